The summed E-state index contributed by atoms with van der Waals surface area (Å²) in [6, 6.07) is 2.33. The van der Waals surface area contributed by atoms with E-state index in [9.17, 15) is 13.2 Å². The van der Waals surface area contributed by atoms with E-state index in [1.165, 1.54) is 6.07 Å². The number of hydrogen-bond donors (Lipinski definition) is 0. The Bertz CT molecular complexity index is 617. The Morgan fingerprint density at radius 3 is 2.25 bits per heavy atom. The first kappa shape index (κ1) is 17.6. The van der Waals surface area contributed by atoms with Crippen molar-refractivity contribution in [2.45, 2.75) is 25.2 Å². The van der Waals surface area contributed by atoms with Crippen LogP contribution in [-0.2, 0) is 9.05 Å². The monoisotopic (exact) mass is 357 g/mol. The SMILES string of the molecule is CCCN(CC)C(=O)c1cc(S(=O)(=O)Cl)c(Cl)cc1Cl. The summed E-state index contributed by atoms with van der Waals surface area (Å²) >= 11 is 11.8. The molecule has 1 rings (SSSR count). The van der Waals surface area contributed by atoms with Gasteiger partial charge in [-0.05, 0) is 25.5 Å². The Morgan fingerprint density at radius 1 is 1.20 bits per heavy atom. The van der Waals surface area contributed by atoms with Crippen molar-refractivity contribution in [1.82, 2.24) is 4.90 Å². The number of hydrogen-bond acceptors (Lipinski definition) is 3. The molecule has 0 aromatic heterocycles. The number of amides is 1. The predicted molar refractivity (Wildman–Crippen MR) is 81.4 cm³/mol. The van der Waals surface area contributed by atoms with E-state index in [4.69, 9.17) is 33.9 Å². The smallest absolute Gasteiger partial charge is 0.262 e. The molecule has 1 aromatic carbocycles. The maximum atomic E-state index is 12.3. The molecule has 1 amide bonds. The van der Waals surface area contributed by atoms with Gasteiger partial charge in [0, 0.05) is 23.8 Å². The zero-order valence-electron chi connectivity index (χ0n) is 11.0. The van der Waals surface area contributed by atoms with Gasteiger partial charge in [-0.2, -0.15) is 0 Å². The van der Waals surface area contributed by atoms with Crippen molar-refractivity contribution in [3.05, 3.63) is 27.7 Å². The molecule has 8 heteroatoms. The first-order chi connectivity index (χ1) is 9.22. The molecule has 0 spiro atoms. The van der Waals surface area contributed by atoms with Gasteiger partial charge in [-0.15, -0.1) is 0 Å². The minimum atomic E-state index is -4.04. The topological polar surface area (TPSA) is 54.5 Å². The van der Waals surface area contributed by atoms with Crippen LogP contribution in [0.3, 0.4) is 0 Å². The summed E-state index contributed by atoms with van der Waals surface area (Å²) in [5, 5.41) is -0.0151. The zero-order chi connectivity index (χ0) is 15.5. The van der Waals surface area contributed by atoms with Crippen LogP contribution >= 0.6 is 33.9 Å². The second kappa shape index (κ2) is 6.98. The van der Waals surface area contributed by atoms with Crippen molar-refractivity contribution in [2.75, 3.05) is 13.1 Å². The molecule has 0 unspecified atom stereocenters. The fourth-order valence-electron chi connectivity index (χ4n) is 1.72. The van der Waals surface area contributed by atoms with Crippen LogP contribution < -0.4 is 0 Å². The quantitative estimate of drug-likeness (QED) is 0.752. The third-order valence-electron chi connectivity index (χ3n) is 2.68. The van der Waals surface area contributed by atoms with Crippen molar-refractivity contribution in [1.29, 1.82) is 0 Å². The molecule has 112 valence electrons. The Morgan fingerprint density at radius 2 is 1.80 bits per heavy atom. The minimum Gasteiger partial charge on any atom is -0.339 e. The molecular weight excluding hydrogens is 345 g/mol. The second-order valence-corrected chi connectivity index (χ2v) is 7.43. The van der Waals surface area contributed by atoms with Crippen LogP contribution in [0.25, 0.3) is 0 Å². The largest absolute Gasteiger partial charge is 0.339 e. The van der Waals surface area contributed by atoms with E-state index in [2.05, 4.69) is 0 Å². The van der Waals surface area contributed by atoms with E-state index < -0.39 is 9.05 Å². The summed E-state index contributed by atoms with van der Waals surface area (Å²) in [6.45, 7) is 4.82. The lowest BCUT2D eigenvalue weighted by atomic mass is 10.2. The normalized spacial score (nSPS) is 11.4. The van der Waals surface area contributed by atoms with Crippen molar-refractivity contribution in [2.24, 2.45) is 0 Å². The molecule has 0 heterocycles. The second-order valence-electron chi connectivity index (χ2n) is 4.09. The molecule has 0 saturated carbocycles. The predicted octanol–water partition coefficient (Wildman–Crippen LogP) is 3.79. The Hall–Kier alpha value is -0.490. The Kier molecular flexibility index (Phi) is 6.13. The van der Waals surface area contributed by atoms with Crippen LogP contribution in [-0.4, -0.2) is 32.3 Å². The molecule has 0 bridgehead atoms. The lowest BCUT2D eigenvalue weighted by Gasteiger charge is -2.21. The van der Waals surface area contributed by atoms with Gasteiger partial charge < -0.3 is 4.90 Å². The van der Waals surface area contributed by atoms with Gasteiger partial charge in [-0.25, -0.2) is 8.42 Å². The van der Waals surface area contributed by atoms with Crippen LogP contribution in [0.15, 0.2) is 17.0 Å². The highest BCUT2D eigenvalue weighted by atomic mass is 35.7. The maximum Gasteiger partial charge on any atom is 0.262 e. The minimum absolute atomic E-state index is 0.0746. The van der Waals surface area contributed by atoms with Gasteiger partial charge >= 0.3 is 0 Å². The molecule has 0 aliphatic rings. The average Bonchev–Trinajstić information content (AvgIpc) is 2.33. The average molecular weight is 359 g/mol. The molecule has 20 heavy (non-hydrogen) atoms. The number of nitrogens with zero attached hydrogens (tertiary/aromatic N) is 1. The summed E-state index contributed by atoms with van der Waals surface area (Å²) in [6.07, 6.45) is 0.783. The summed E-state index contributed by atoms with van der Waals surface area (Å²) in [7, 11) is 1.25. The molecular formula is C12H14Cl3NO3S. The van der Waals surface area contributed by atoms with Crippen molar-refractivity contribution in [3.8, 4) is 0 Å². The molecule has 0 saturated heterocycles. The van der Waals surface area contributed by atoms with Crippen LogP contribution in [0, 0.1) is 0 Å². The van der Waals surface area contributed by atoms with Crippen molar-refractivity contribution >= 4 is 48.8 Å². The standard InChI is InChI=1S/C12H14Cl3NO3S/c1-3-5-16(4-2)12(17)8-6-11(20(15,18)19)10(14)7-9(8)13/h6-7H,3-5H2,1-2H3. The van der Waals surface area contributed by atoms with Gasteiger partial charge in [-0.1, -0.05) is 30.1 Å². The van der Waals surface area contributed by atoms with E-state index in [0.29, 0.717) is 13.1 Å². The molecule has 0 atom stereocenters. The Labute approximate surface area is 133 Å². The first-order valence-corrected chi connectivity index (χ1v) is 9.01. The summed E-state index contributed by atoms with van der Waals surface area (Å²) in [4.78, 5) is 13.6. The lowest BCUT2D eigenvalue weighted by molar-refractivity contribution is 0.0764. The first-order valence-electron chi connectivity index (χ1n) is 5.95. The lowest BCUT2D eigenvalue weighted by Crippen LogP contribution is -2.31. The molecule has 0 radical (unpaired) electrons. The van der Waals surface area contributed by atoms with Gasteiger partial charge in [0.15, 0.2) is 0 Å². The van der Waals surface area contributed by atoms with Gasteiger partial charge in [0.25, 0.3) is 15.0 Å². The highest BCUT2D eigenvalue weighted by molar-refractivity contribution is 8.13. The third-order valence-corrected chi connectivity index (χ3v) is 4.78. The Balaban J connectivity index is 3.35. The highest BCUT2D eigenvalue weighted by Crippen LogP contribution is 2.31. The molecule has 0 aliphatic heterocycles. The van der Waals surface area contributed by atoms with Gasteiger partial charge in [0.2, 0.25) is 0 Å². The van der Waals surface area contributed by atoms with Crippen LogP contribution in [0.1, 0.15) is 30.6 Å². The van der Waals surface area contributed by atoms with E-state index in [-0.39, 0.29) is 26.4 Å². The van der Waals surface area contributed by atoms with E-state index in [0.717, 1.165) is 12.5 Å². The van der Waals surface area contributed by atoms with E-state index >= 15 is 0 Å². The fourth-order valence-corrected chi connectivity index (χ4v) is 3.54. The number of rotatable bonds is 5. The van der Waals surface area contributed by atoms with E-state index in [1.807, 2.05) is 13.8 Å². The molecule has 1 aromatic rings. The number of carbonyl (C=O) groups excluding carboxylic acids is 1. The zero-order valence-corrected chi connectivity index (χ0v) is 14.1. The van der Waals surface area contributed by atoms with Crippen LogP contribution in [0.5, 0.6) is 0 Å². The number of halogens is 3. The molecule has 4 nitrogen and oxygen atoms in total. The fraction of sp³-hybridized carbons (Fsp3) is 0.417. The van der Waals surface area contributed by atoms with E-state index in [1.54, 1.807) is 4.90 Å². The van der Waals surface area contributed by atoms with Gasteiger partial charge in [0.1, 0.15) is 4.90 Å². The summed E-state index contributed by atoms with van der Waals surface area (Å²) < 4.78 is 22.8. The highest BCUT2D eigenvalue weighted by Gasteiger charge is 2.23. The summed E-state index contributed by atoms with van der Waals surface area (Å²) in [5.74, 6) is -0.349. The molecule has 0 aliphatic carbocycles. The van der Waals surface area contributed by atoms with Crippen LogP contribution in [0.2, 0.25) is 10.0 Å². The van der Waals surface area contributed by atoms with Gasteiger partial charge in [0.05, 0.1) is 15.6 Å². The number of benzene rings is 1. The van der Waals surface area contributed by atoms with Crippen molar-refractivity contribution < 1.29 is 13.2 Å². The maximum absolute atomic E-state index is 12.3. The van der Waals surface area contributed by atoms with Crippen LogP contribution in [0.4, 0.5) is 0 Å². The van der Waals surface area contributed by atoms with Crippen molar-refractivity contribution in [3.63, 3.8) is 0 Å². The third kappa shape index (κ3) is 4.01. The molecule has 0 N–H and O–H groups in total. The molecule has 0 fully saturated rings. The number of carbonyl (C=O) groups is 1. The summed E-state index contributed by atoms with van der Waals surface area (Å²) in [5.41, 5.74) is 0.0746. The van der Waals surface area contributed by atoms with Gasteiger partial charge in [-0.3, -0.25) is 4.79 Å².